The van der Waals surface area contributed by atoms with Crippen molar-refractivity contribution in [3.8, 4) is 16.9 Å². The van der Waals surface area contributed by atoms with Crippen molar-refractivity contribution in [2.75, 3.05) is 9.62 Å². The fraction of sp³-hybridized carbons (Fsp3) is 0.167. The third-order valence-corrected chi connectivity index (χ3v) is 5.62. The smallest absolute Gasteiger partial charge is 0.417 e. The largest absolute Gasteiger partial charge is 0.480 e. The summed E-state index contributed by atoms with van der Waals surface area (Å²) in [4.78, 5) is 23.7. The second-order valence-electron chi connectivity index (χ2n) is 7.54. The van der Waals surface area contributed by atoms with Crippen molar-refractivity contribution in [2.24, 2.45) is 5.92 Å². The first-order valence-electron chi connectivity index (χ1n) is 10.1. The maximum absolute atomic E-state index is 12.0. The molecule has 0 saturated heterocycles. The van der Waals surface area contributed by atoms with Crippen molar-refractivity contribution in [1.29, 1.82) is 0 Å². The highest BCUT2D eigenvalue weighted by atomic mass is 32.2. The number of nitrogens with one attached hydrogen (secondary N) is 1. The lowest BCUT2D eigenvalue weighted by molar-refractivity contribution is -0.139. The van der Waals surface area contributed by atoms with E-state index in [4.69, 9.17) is 4.74 Å². The average Bonchev–Trinajstić information content (AvgIpc) is 2.78. The fourth-order valence-electron chi connectivity index (χ4n) is 3.29. The normalized spacial score (nSPS) is 12.6. The Balaban J connectivity index is 1.72. The molecule has 0 aliphatic heterocycles. The van der Waals surface area contributed by atoms with E-state index in [0.29, 0.717) is 17.1 Å². The van der Waals surface area contributed by atoms with Gasteiger partial charge in [0.05, 0.1) is 5.69 Å². The molecule has 0 fully saturated rings. The summed E-state index contributed by atoms with van der Waals surface area (Å²) in [6.07, 6.45) is -0.603. The van der Waals surface area contributed by atoms with Gasteiger partial charge in [-0.3, -0.25) is 14.2 Å². The van der Waals surface area contributed by atoms with Gasteiger partial charge in [0.15, 0.2) is 0 Å². The van der Waals surface area contributed by atoms with Gasteiger partial charge in [-0.1, -0.05) is 56.3 Å². The number of benzene rings is 3. The van der Waals surface area contributed by atoms with Gasteiger partial charge in [0.1, 0.15) is 11.8 Å². The maximum atomic E-state index is 12.0. The van der Waals surface area contributed by atoms with Crippen LogP contribution in [0.25, 0.3) is 11.1 Å². The number of nitrogens with zero attached hydrogens (tertiary/aromatic N) is 1. The Morgan fingerprint density at radius 1 is 0.909 bits per heavy atom. The summed E-state index contributed by atoms with van der Waals surface area (Å²) in [5.41, 5.74) is 2.57. The van der Waals surface area contributed by atoms with Crippen molar-refractivity contribution >= 4 is 34.7 Å². The Kier molecular flexibility index (Phi) is 7.81. The van der Waals surface area contributed by atoms with Gasteiger partial charge in [-0.05, 0) is 53.4 Å². The number of carbonyl (C=O) groups is 2. The molecule has 0 saturated carbocycles. The van der Waals surface area contributed by atoms with Gasteiger partial charge in [-0.2, -0.15) is 0 Å². The van der Waals surface area contributed by atoms with Crippen molar-refractivity contribution < 1.29 is 28.2 Å². The molecular weight excluding hydrogens is 444 g/mol. The van der Waals surface area contributed by atoms with Crippen LogP contribution < -0.4 is 14.4 Å². The number of carboxylic acid groups (broad SMARTS) is 1. The number of ether oxygens (including phenoxy) is 1. The summed E-state index contributed by atoms with van der Waals surface area (Å²) in [6, 6.07) is 21.3. The molecule has 2 atom stereocenters. The highest BCUT2D eigenvalue weighted by Crippen LogP contribution is 2.28. The zero-order chi connectivity index (χ0) is 24.0. The third-order valence-electron chi connectivity index (χ3n) is 4.85. The molecule has 0 radical (unpaired) electrons. The molecule has 0 heterocycles. The zero-order valence-electron chi connectivity index (χ0n) is 18.0. The molecule has 0 bridgehead atoms. The number of carboxylic acids is 1. The SMILES string of the molecule is CC(C)C(C(=O)O)N(c1ccc(-c2ccc(OC(=O)Nc3ccccc3)cc2)cc1)S(=O)O. The van der Waals surface area contributed by atoms with Crippen LogP contribution in [0.3, 0.4) is 0 Å². The molecule has 172 valence electrons. The second-order valence-corrected chi connectivity index (χ2v) is 8.39. The third kappa shape index (κ3) is 6.18. The minimum absolute atomic E-state index is 0.318. The molecule has 3 rings (SSSR count). The van der Waals surface area contributed by atoms with Crippen LogP contribution in [-0.4, -0.2) is 32.0 Å². The highest BCUT2D eigenvalue weighted by Gasteiger charge is 2.32. The minimum Gasteiger partial charge on any atom is -0.480 e. The van der Waals surface area contributed by atoms with Gasteiger partial charge in [0.25, 0.3) is 11.3 Å². The van der Waals surface area contributed by atoms with Crippen LogP contribution in [0.15, 0.2) is 78.9 Å². The van der Waals surface area contributed by atoms with E-state index in [-0.39, 0.29) is 5.92 Å². The number of hydrogen-bond acceptors (Lipinski definition) is 4. The van der Waals surface area contributed by atoms with Crippen LogP contribution in [0.2, 0.25) is 0 Å². The van der Waals surface area contributed by atoms with Gasteiger partial charge in [0, 0.05) is 5.69 Å². The van der Waals surface area contributed by atoms with Crippen LogP contribution in [0.1, 0.15) is 13.8 Å². The van der Waals surface area contributed by atoms with Gasteiger partial charge in [-0.15, -0.1) is 0 Å². The molecule has 0 aliphatic rings. The van der Waals surface area contributed by atoms with Crippen molar-refractivity contribution in [1.82, 2.24) is 0 Å². The van der Waals surface area contributed by atoms with Crippen LogP contribution in [0.5, 0.6) is 5.75 Å². The van der Waals surface area contributed by atoms with E-state index in [9.17, 15) is 23.5 Å². The molecule has 8 nitrogen and oxygen atoms in total. The number of anilines is 2. The number of rotatable bonds is 8. The summed E-state index contributed by atoms with van der Waals surface area (Å²) in [7, 11) is 0. The monoisotopic (exact) mass is 468 g/mol. The summed E-state index contributed by atoms with van der Waals surface area (Å²) < 4.78 is 27.8. The molecule has 3 aromatic rings. The number of para-hydroxylation sites is 1. The first-order valence-corrected chi connectivity index (χ1v) is 11.2. The lowest BCUT2D eigenvalue weighted by atomic mass is 10.0. The average molecular weight is 469 g/mol. The van der Waals surface area contributed by atoms with E-state index in [1.54, 1.807) is 86.6 Å². The van der Waals surface area contributed by atoms with Crippen LogP contribution in [0.4, 0.5) is 16.2 Å². The predicted molar refractivity (Wildman–Crippen MR) is 127 cm³/mol. The minimum atomic E-state index is -2.50. The van der Waals surface area contributed by atoms with E-state index in [1.165, 1.54) is 0 Å². The van der Waals surface area contributed by atoms with Gasteiger partial charge in [0.2, 0.25) is 0 Å². The van der Waals surface area contributed by atoms with E-state index in [0.717, 1.165) is 15.4 Å². The summed E-state index contributed by atoms with van der Waals surface area (Å²) >= 11 is -2.50. The van der Waals surface area contributed by atoms with Gasteiger partial charge >= 0.3 is 12.1 Å². The van der Waals surface area contributed by atoms with Crippen molar-refractivity contribution in [3.63, 3.8) is 0 Å². The molecule has 9 heteroatoms. The summed E-state index contributed by atoms with van der Waals surface area (Å²) in [5.74, 6) is -1.19. The molecule has 2 unspecified atom stereocenters. The number of aliphatic carboxylic acids is 1. The molecular formula is C24H24N2O6S. The second kappa shape index (κ2) is 10.8. The fourth-order valence-corrected chi connectivity index (χ4v) is 4.12. The van der Waals surface area contributed by atoms with E-state index < -0.39 is 29.4 Å². The number of hydrogen-bond donors (Lipinski definition) is 3. The maximum Gasteiger partial charge on any atom is 0.417 e. The first kappa shape index (κ1) is 24.0. The quantitative estimate of drug-likeness (QED) is 0.400. The molecule has 1 amide bonds. The van der Waals surface area contributed by atoms with Gasteiger partial charge in [-0.25, -0.2) is 13.8 Å². The van der Waals surface area contributed by atoms with Crippen LogP contribution >= 0.6 is 0 Å². The Bertz CT molecular complexity index is 1120. The molecule has 3 N–H and O–H groups in total. The van der Waals surface area contributed by atoms with Gasteiger partial charge < -0.3 is 9.84 Å². The van der Waals surface area contributed by atoms with E-state index in [1.807, 2.05) is 6.07 Å². The summed E-state index contributed by atoms with van der Waals surface area (Å²) in [5, 5.41) is 12.1. The predicted octanol–water partition coefficient (Wildman–Crippen LogP) is 5.02. The Morgan fingerprint density at radius 2 is 1.45 bits per heavy atom. The molecule has 33 heavy (non-hydrogen) atoms. The number of carbonyl (C=O) groups excluding carboxylic acids is 1. The molecule has 0 aromatic heterocycles. The Labute approximate surface area is 194 Å². The topological polar surface area (TPSA) is 116 Å². The van der Waals surface area contributed by atoms with Crippen LogP contribution in [-0.2, 0) is 16.1 Å². The molecule has 0 spiro atoms. The highest BCUT2D eigenvalue weighted by molar-refractivity contribution is 7.80. The van der Waals surface area contributed by atoms with Crippen molar-refractivity contribution in [2.45, 2.75) is 19.9 Å². The first-order chi connectivity index (χ1) is 15.8. The van der Waals surface area contributed by atoms with E-state index in [2.05, 4.69) is 5.32 Å². The standard InChI is InChI=1S/C24H24N2O6S/c1-16(2)22(23(27)28)26(33(30)31)20-12-8-17(9-13-20)18-10-14-21(15-11-18)32-24(29)25-19-6-4-3-5-7-19/h3-16,22H,1-2H3,(H,25,29)(H,27,28)(H,30,31). The molecule has 3 aromatic carbocycles. The van der Waals surface area contributed by atoms with Crippen LogP contribution in [0, 0.1) is 5.92 Å². The number of amides is 1. The van der Waals surface area contributed by atoms with Crippen molar-refractivity contribution in [3.05, 3.63) is 78.9 Å². The Morgan fingerprint density at radius 3 is 1.94 bits per heavy atom. The Hall–Kier alpha value is -3.69. The van der Waals surface area contributed by atoms with E-state index >= 15 is 0 Å². The lowest BCUT2D eigenvalue weighted by Gasteiger charge is -2.29. The summed E-state index contributed by atoms with van der Waals surface area (Å²) in [6.45, 7) is 3.35. The lowest BCUT2D eigenvalue weighted by Crippen LogP contribution is -2.45. The zero-order valence-corrected chi connectivity index (χ0v) is 18.9. The molecule has 0 aliphatic carbocycles.